The highest BCUT2D eigenvalue weighted by Gasteiger charge is 2.24. The van der Waals surface area contributed by atoms with Crippen molar-refractivity contribution in [1.29, 1.82) is 10.5 Å². The molecule has 1 fully saturated rings. The number of pyridine rings is 1. The third kappa shape index (κ3) is 4.07. The van der Waals surface area contributed by atoms with E-state index < -0.39 is 0 Å². The highest BCUT2D eigenvalue weighted by Crippen LogP contribution is 2.37. The van der Waals surface area contributed by atoms with Gasteiger partial charge in [-0.1, -0.05) is 12.1 Å². The second kappa shape index (κ2) is 8.97. The van der Waals surface area contributed by atoms with Crippen LogP contribution in [-0.4, -0.2) is 38.4 Å². The normalized spacial score (nSPS) is 15.2. The summed E-state index contributed by atoms with van der Waals surface area (Å²) >= 11 is 0. The number of benzene rings is 2. The van der Waals surface area contributed by atoms with Crippen LogP contribution in [0.5, 0.6) is 5.75 Å². The number of hydrogen-bond acceptors (Lipinski definition) is 7. The predicted octanol–water partition coefficient (Wildman–Crippen LogP) is 3.97. The quantitative estimate of drug-likeness (QED) is 0.659. The monoisotopic (exact) mass is 425 g/mol. The van der Waals surface area contributed by atoms with E-state index >= 15 is 0 Å². The summed E-state index contributed by atoms with van der Waals surface area (Å²) in [5.74, 6) is 0.979. The number of aromatic nitrogens is 1. The molecule has 1 aromatic heterocycles. The number of anilines is 2. The Bertz CT molecular complexity index is 1240. The first-order chi connectivity index (χ1) is 15.6. The van der Waals surface area contributed by atoms with Crippen molar-refractivity contribution in [2.45, 2.75) is 12.5 Å². The van der Waals surface area contributed by atoms with Gasteiger partial charge in [-0.3, -0.25) is 0 Å². The van der Waals surface area contributed by atoms with E-state index in [1.165, 1.54) is 0 Å². The molecule has 4 rings (SSSR count). The number of methoxy groups -OCH3 is 2. The Balaban J connectivity index is 1.87. The van der Waals surface area contributed by atoms with Crippen molar-refractivity contribution in [3.05, 3.63) is 59.7 Å². The van der Waals surface area contributed by atoms with Gasteiger partial charge in [-0.2, -0.15) is 10.5 Å². The minimum atomic E-state index is 0.190. The summed E-state index contributed by atoms with van der Waals surface area (Å²) < 4.78 is 11.1. The molecule has 0 aliphatic carbocycles. The van der Waals surface area contributed by atoms with Crippen LogP contribution in [0.25, 0.3) is 22.4 Å². The summed E-state index contributed by atoms with van der Waals surface area (Å²) in [6.45, 7) is 1.67. The number of nitrogens with two attached hydrogens (primary N) is 1. The first kappa shape index (κ1) is 21.2. The Morgan fingerprint density at radius 3 is 2.59 bits per heavy atom. The first-order valence-corrected chi connectivity index (χ1v) is 10.2. The smallest absolute Gasteiger partial charge is 0.124 e. The standard InChI is InChI=1S/C25H23N5O2/c1-31-20-6-7-30(15-20)19-9-18(10-21(11-19)32-2)22-12-24(28)29-25(23(22)14-27)17-5-3-4-16(8-17)13-26/h3-5,8-12,20H,6-7,15H2,1-2H3,(H2,28,29). The van der Waals surface area contributed by atoms with Gasteiger partial charge < -0.3 is 20.1 Å². The van der Waals surface area contributed by atoms with E-state index in [4.69, 9.17) is 15.2 Å². The van der Waals surface area contributed by atoms with Crippen molar-refractivity contribution in [3.63, 3.8) is 0 Å². The van der Waals surface area contributed by atoms with Gasteiger partial charge in [0.1, 0.15) is 17.6 Å². The fourth-order valence-corrected chi connectivity index (χ4v) is 4.05. The Kier molecular flexibility index (Phi) is 5.93. The molecule has 7 nitrogen and oxygen atoms in total. The average Bonchev–Trinajstić information content (AvgIpc) is 3.32. The lowest BCUT2D eigenvalue weighted by molar-refractivity contribution is 0.121. The Morgan fingerprint density at radius 1 is 1.06 bits per heavy atom. The number of hydrogen-bond donors (Lipinski definition) is 1. The van der Waals surface area contributed by atoms with Crippen molar-refractivity contribution < 1.29 is 9.47 Å². The van der Waals surface area contributed by atoms with Crippen molar-refractivity contribution in [3.8, 4) is 40.3 Å². The van der Waals surface area contributed by atoms with E-state index in [1.54, 1.807) is 38.5 Å². The summed E-state index contributed by atoms with van der Waals surface area (Å²) in [5.41, 5.74) is 10.6. The lowest BCUT2D eigenvalue weighted by Crippen LogP contribution is -2.22. The van der Waals surface area contributed by atoms with Gasteiger partial charge >= 0.3 is 0 Å². The van der Waals surface area contributed by atoms with Gasteiger partial charge in [-0.15, -0.1) is 0 Å². The number of nitrogen functional groups attached to an aromatic ring is 1. The van der Waals surface area contributed by atoms with E-state index in [9.17, 15) is 10.5 Å². The molecule has 1 unspecified atom stereocenters. The fourth-order valence-electron chi connectivity index (χ4n) is 4.05. The molecule has 1 aliphatic heterocycles. The third-order valence-corrected chi connectivity index (χ3v) is 5.70. The fraction of sp³-hybridized carbons (Fsp3) is 0.240. The van der Waals surface area contributed by atoms with Crippen LogP contribution in [0.2, 0.25) is 0 Å². The molecular formula is C25H23N5O2. The van der Waals surface area contributed by atoms with Crippen LogP contribution in [0.4, 0.5) is 11.5 Å². The average molecular weight is 425 g/mol. The van der Waals surface area contributed by atoms with E-state index in [2.05, 4.69) is 22.0 Å². The molecule has 2 aromatic carbocycles. The van der Waals surface area contributed by atoms with Gasteiger partial charge in [0.15, 0.2) is 0 Å². The zero-order valence-electron chi connectivity index (χ0n) is 18.0. The van der Waals surface area contributed by atoms with Crippen LogP contribution in [0.3, 0.4) is 0 Å². The second-order valence-electron chi connectivity index (χ2n) is 7.63. The lowest BCUT2D eigenvalue weighted by Gasteiger charge is -2.21. The summed E-state index contributed by atoms with van der Waals surface area (Å²) in [6.07, 6.45) is 1.14. The molecule has 160 valence electrons. The van der Waals surface area contributed by atoms with Crippen molar-refractivity contribution in [2.75, 3.05) is 37.9 Å². The molecule has 0 bridgehead atoms. The van der Waals surface area contributed by atoms with Crippen LogP contribution in [-0.2, 0) is 4.74 Å². The molecule has 2 heterocycles. The number of rotatable bonds is 5. The van der Waals surface area contributed by atoms with Crippen LogP contribution < -0.4 is 15.4 Å². The maximum Gasteiger partial charge on any atom is 0.124 e. The maximum atomic E-state index is 10.1. The second-order valence-corrected chi connectivity index (χ2v) is 7.63. The molecular weight excluding hydrogens is 402 g/mol. The van der Waals surface area contributed by atoms with Gasteiger partial charge in [0.25, 0.3) is 0 Å². The third-order valence-electron chi connectivity index (χ3n) is 5.70. The molecule has 0 radical (unpaired) electrons. The van der Waals surface area contributed by atoms with E-state index in [0.717, 1.165) is 30.8 Å². The van der Waals surface area contributed by atoms with Crippen molar-refractivity contribution in [2.24, 2.45) is 0 Å². The molecule has 32 heavy (non-hydrogen) atoms. The highest BCUT2D eigenvalue weighted by molar-refractivity contribution is 5.84. The molecule has 0 amide bonds. The highest BCUT2D eigenvalue weighted by atomic mass is 16.5. The minimum Gasteiger partial charge on any atom is -0.497 e. The lowest BCUT2D eigenvalue weighted by atomic mass is 9.95. The molecule has 7 heteroatoms. The van der Waals surface area contributed by atoms with Crippen LogP contribution in [0.15, 0.2) is 48.5 Å². The Morgan fingerprint density at radius 2 is 1.91 bits per heavy atom. The zero-order chi connectivity index (χ0) is 22.7. The molecule has 1 saturated heterocycles. The summed E-state index contributed by atoms with van der Waals surface area (Å²) in [4.78, 5) is 6.67. The molecule has 1 atom stereocenters. The molecule has 0 spiro atoms. The topological polar surface area (TPSA) is 108 Å². The van der Waals surface area contributed by atoms with Gasteiger partial charge in [0.2, 0.25) is 0 Å². The summed E-state index contributed by atoms with van der Waals surface area (Å²) in [6, 6.07) is 19.0. The number of nitrogens with zero attached hydrogens (tertiary/aromatic N) is 4. The minimum absolute atomic E-state index is 0.190. The van der Waals surface area contributed by atoms with Gasteiger partial charge in [0.05, 0.1) is 36.1 Å². The Hall–Kier alpha value is -4.07. The van der Waals surface area contributed by atoms with Crippen molar-refractivity contribution >= 4 is 11.5 Å². The largest absolute Gasteiger partial charge is 0.497 e. The zero-order valence-corrected chi connectivity index (χ0v) is 18.0. The predicted molar refractivity (Wildman–Crippen MR) is 123 cm³/mol. The Labute approximate surface area is 187 Å². The molecule has 2 N–H and O–H groups in total. The SMILES string of the molecule is COc1cc(-c2cc(N)nc(-c3cccc(C#N)c3)c2C#N)cc(N2CCC(OC)C2)c1. The van der Waals surface area contributed by atoms with Crippen LogP contribution >= 0.6 is 0 Å². The van der Waals surface area contributed by atoms with Crippen molar-refractivity contribution in [1.82, 2.24) is 4.98 Å². The summed E-state index contributed by atoms with van der Waals surface area (Å²) in [7, 11) is 3.35. The first-order valence-electron chi connectivity index (χ1n) is 10.2. The molecule has 0 saturated carbocycles. The van der Waals surface area contributed by atoms with Gasteiger partial charge in [0, 0.05) is 43.1 Å². The molecule has 1 aliphatic rings. The van der Waals surface area contributed by atoms with Gasteiger partial charge in [-0.05, 0) is 42.3 Å². The van der Waals surface area contributed by atoms with E-state index in [-0.39, 0.29) is 6.10 Å². The van der Waals surface area contributed by atoms with E-state index in [0.29, 0.717) is 39.5 Å². The van der Waals surface area contributed by atoms with Crippen LogP contribution in [0.1, 0.15) is 17.5 Å². The van der Waals surface area contributed by atoms with E-state index in [1.807, 2.05) is 24.3 Å². The number of ether oxygens (including phenoxy) is 2. The summed E-state index contributed by atoms with van der Waals surface area (Å²) in [5, 5.41) is 19.3. The van der Waals surface area contributed by atoms with Gasteiger partial charge in [-0.25, -0.2) is 4.98 Å². The maximum absolute atomic E-state index is 10.1. The number of nitriles is 2. The molecule has 3 aromatic rings. The van der Waals surface area contributed by atoms with Crippen LogP contribution in [0, 0.1) is 22.7 Å².